The summed E-state index contributed by atoms with van der Waals surface area (Å²) in [4.78, 5) is 12.0. The zero-order valence-electron chi connectivity index (χ0n) is 12.3. The maximum absolute atomic E-state index is 12.0. The molecule has 7 nitrogen and oxygen atoms in total. The highest BCUT2D eigenvalue weighted by atomic mass is 16.5. The zero-order chi connectivity index (χ0) is 17.0. The summed E-state index contributed by atoms with van der Waals surface area (Å²) >= 11 is 0. The standard InChI is InChI=1S/C16H20O7/c17-8-13-15(21)16(22)14(20)12(23-13)7-11(19)5-4-9-2-1-3-10(18)6-9/h1-6,12-18,20-22H,7-8H2/b5-4+/t12-,13+,14-,15+,16+/m0/s1. The fourth-order valence-electron chi connectivity index (χ4n) is 2.43. The number of benzene rings is 1. The van der Waals surface area contributed by atoms with Crippen LogP contribution in [0.3, 0.4) is 0 Å². The summed E-state index contributed by atoms with van der Waals surface area (Å²) in [7, 11) is 0. The number of carbonyl (C=O) groups is 1. The van der Waals surface area contributed by atoms with Crippen LogP contribution in [0, 0.1) is 0 Å². The van der Waals surface area contributed by atoms with Crippen LogP contribution < -0.4 is 0 Å². The van der Waals surface area contributed by atoms with Gasteiger partial charge >= 0.3 is 0 Å². The van der Waals surface area contributed by atoms with E-state index in [9.17, 15) is 25.2 Å². The van der Waals surface area contributed by atoms with Gasteiger partial charge in [0.1, 0.15) is 30.2 Å². The Balaban J connectivity index is 1.99. The van der Waals surface area contributed by atoms with Crippen LogP contribution in [0.5, 0.6) is 5.75 Å². The maximum atomic E-state index is 12.0. The number of allylic oxidation sites excluding steroid dienone is 1. The molecule has 23 heavy (non-hydrogen) atoms. The van der Waals surface area contributed by atoms with E-state index < -0.39 is 37.1 Å². The number of phenolic OH excluding ortho intramolecular Hbond substituents is 1. The highest BCUT2D eigenvalue weighted by Crippen LogP contribution is 2.23. The summed E-state index contributed by atoms with van der Waals surface area (Å²) in [6.45, 7) is -0.533. The third-order valence-corrected chi connectivity index (χ3v) is 3.73. The van der Waals surface area contributed by atoms with Gasteiger partial charge in [-0.15, -0.1) is 0 Å². The molecule has 0 saturated carbocycles. The van der Waals surface area contributed by atoms with Gasteiger partial charge in [0.05, 0.1) is 12.7 Å². The topological polar surface area (TPSA) is 127 Å². The molecule has 1 aromatic carbocycles. The average Bonchev–Trinajstić information content (AvgIpc) is 2.53. The quantitative estimate of drug-likeness (QED) is 0.449. The molecule has 0 aliphatic carbocycles. The van der Waals surface area contributed by atoms with Gasteiger partial charge in [-0.1, -0.05) is 18.2 Å². The fraction of sp³-hybridized carbons (Fsp3) is 0.438. The van der Waals surface area contributed by atoms with Crippen molar-refractivity contribution in [3.63, 3.8) is 0 Å². The van der Waals surface area contributed by atoms with E-state index in [0.29, 0.717) is 5.56 Å². The van der Waals surface area contributed by atoms with Crippen LogP contribution in [0.15, 0.2) is 30.3 Å². The number of rotatable bonds is 5. The molecule has 5 atom stereocenters. The Bertz CT molecular complexity index is 569. The van der Waals surface area contributed by atoms with Gasteiger partial charge in [0.2, 0.25) is 0 Å². The van der Waals surface area contributed by atoms with Crippen molar-refractivity contribution in [2.45, 2.75) is 36.9 Å². The van der Waals surface area contributed by atoms with Crippen molar-refractivity contribution in [1.29, 1.82) is 0 Å². The molecule has 0 spiro atoms. The van der Waals surface area contributed by atoms with Crippen LogP contribution in [0.1, 0.15) is 12.0 Å². The Hall–Kier alpha value is -1.77. The first kappa shape index (κ1) is 17.6. The van der Waals surface area contributed by atoms with Crippen molar-refractivity contribution in [3.05, 3.63) is 35.9 Å². The Morgan fingerprint density at radius 2 is 1.83 bits per heavy atom. The van der Waals surface area contributed by atoms with Crippen molar-refractivity contribution < 1.29 is 35.1 Å². The predicted octanol–water partition coefficient (Wildman–Crippen LogP) is -0.793. The average molecular weight is 324 g/mol. The number of phenols is 1. The third-order valence-electron chi connectivity index (χ3n) is 3.73. The van der Waals surface area contributed by atoms with Crippen molar-refractivity contribution in [1.82, 2.24) is 0 Å². The molecule has 0 radical (unpaired) electrons. The van der Waals surface area contributed by atoms with E-state index in [0.717, 1.165) is 0 Å². The van der Waals surface area contributed by atoms with E-state index >= 15 is 0 Å². The van der Waals surface area contributed by atoms with Crippen LogP contribution in [-0.2, 0) is 9.53 Å². The normalized spacial score (nSPS) is 31.4. The predicted molar refractivity (Wildman–Crippen MR) is 80.5 cm³/mol. The molecular weight excluding hydrogens is 304 g/mol. The molecule has 0 aromatic heterocycles. The lowest BCUT2D eigenvalue weighted by Gasteiger charge is -2.39. The minimum Gasteiger partial charge on any atom is -0.508 e. The Morgan fingerprint density at radius 1 is 1.13 bits per heavy atom. The van der Waals surface area contributed by atoms with Gasteiger partial charge in [0.15, 0.2) is 5.78 Å². The van der Waals surface area contributed by atoms with E-state index in [1.165, 1.54) is 24.3 Å². The van der Waals surface area contributed by atoms with Crippen LogP contribution in [-0.4, -0.2) is 68.4 Å². The molecule has 1 saturated heterocycles. The molecule has 2 rings (SSSR count). The number of ketones is 1. The highest BCUT2D eigenvalue weighted by Gasteiger charge is 2.43. The SMILES string of the molecule is O=C(/C=C/c1cccc(O)c1)C[C@@H]1O[C@H](CO)[C@@H](O)[C@H](O)[C@H]1O. The number of aliphatic hydroxyl groups is 4. The number of aromatic hydroxyl groups is 1. The molecule has 5 N–H and O–H groups in total. The summed E-state index contributed by atoms with van der Waals surface area (Å²) in [6.07, 6.45) is -3.84. The van der Waals surface area contributed by atoms with E-state index in [1.54, 1.807) is 12.1 Å². The monoisotopic (exact) mass is 324 g/mol. The third kappa shape index (κ3) is 4.37. The summed E-state index contributed by atoms with van der Waals surface area (Å²) in [6, 6.07) is 6.33. The second-order valence-corrected chi connectivity index (χ2v) is 5.47. The first-order valence-electron chi connectivity index (χ1n) is 7.23. The van der Waals surface area contributed by atoms with Crippen LogP contribution in [0.25, 0.3) is 6.08 Å². The number of carbonyl (C=O) groups excluding carboxylic acids is 1. The first-order chi connectivity index (χ1) is 10.9. The first-order valence-corrected chi connectivity index (χ1v) is 7.23. The maximum Gasteiger partial charge on any atom is 0.158 e. The molecule has 1 aromatic rings. The molecule has 1 aliphatic rings. The van der Waals surface area contributed by atoms with Gasteiger partial charge < -0.3 is 30.3 Å². The van der Waals surface area contributed by atoms with Gasteiger partial charge in [-0.3, -0.25) is 4.79 Å². The lowest BCUT2D eigenvalue weighted by Crippen LogP contribution is -2.58. The molecule has 0 amide bonds. The largest absolute Gasteiger partial charge is 0.508 e. The minimum absolute atomic E-state index is 0.0773. The minimum atomic E-state index is -1.49. The van der Waals surface area contributed by atoms with Crippen LogP contribution in [0.2, 0.25) is 0 Å². The van der Waals surface area contributed by atoms with E-state index in [-0.39, 0.29) is 18.0 Å². The zero-order valence-corrected chi connectivity index (χ0v) is 12.3. The molecule has 1 fully saturated rings. The number of hydrogen-bond acceptors (Lipinski definition) is 7. The van der Waals surface area contributed by atoms with Crippen molar-refractivity contribution in [2.75, 3.05) is 6.61 Å². The summed E-state index contributed by atoms with van der Waals surface area (Å²) in [5, 5.41) is 47.6. The molecule has 1 aliphatic heterocycles. The second kappa shape index (κ2) is 7.67. The van der Waals surface area contributed by atoms with Gasteiger partial charge in [0.25, 0.3) is 0 Å². The second-order valence-electron chi connectivity index (χ2n) is 5.47. The molecular formula is C16H20O7. The number of aliphatic hydroxyl groups excluding tert-OH is 4. The van der Waals surface area contributed by atoms with E-state index in [1.807, 2.05) is 0 Å². The van der Waals surface area contributed by atoms with Gasteiger partial charge in [-0.05, 0) is 23.8 Å². The lowest BCUT2D eigenvalue weighted by atomic mass is 9.92. The summed E-state index contributed by atoms with van der Waals surface area (Å²) in [5.74, 6) is -0.286. The van der Waals surface area contributed by atoms with Crippen molar-refractivity contribution >= 4 is 11.9 Å². The molecule has 0 unspecified atom stereocenters. The highest BCUT2D eigenvalue weighted by molar-refractivity contribution is 5.94. The molecule has 0 bridgehead atoms. The number of ether oxygens (including phenoxy) is 1. The fourth-order valence-corrected chi connectivity index (χ4v) is 2.43. The van der Waals surface area contributed by atoms with Crippen LogP contribution in [0.4, 0.5) is 0 Å². The Kier molecular flexibility index (Phi) is 5.86. The smallest absolute Gasteiger partial charge is 0.158 e. The van der Waals surface area contributed by atoms with Crippen molar-refractivity contribution in [3.8, 4) is 5.75 Å². The lowest BCUT2D eigenvalue weighted by molar-refractivity contribution is -0.229. The number of hydrogen-bond donors (Lipinski definition) is 5. The Morgan fingerprint density at radius 3 is 2.48 bits per heavy atom. The molecule has 7 heteroatoms. The molecule has 1 heterocycles. The summed E-state index contributed by atoms with van der Waals surface area (Å²) < 4.78 is 5.27. The van der Waals surface area contributed by atoms with Crippen LogP contribution >= 0.6 is 0 Å². The van der Waals surface area contributed by atoms with Gasteiger partial charge in [0, 0.05) is 6.42 Å². The molecule has 126 valence electrons. The Labute approximate surface area is 133 Å². The van der Waals surface area contributed by atoms with E-state index in [4.69, 9.17) is 9.84 Å². The van der Waals surface area contributed by atoms with Gasteiger partial charge in [-0.25, -0.2) is 0 Å². The summed E-state index contributed by atoms with van der Waals surface area (Å²) in [5.41, 5.74) is 0.632. The van der Waals surface area contributed by atoms with Gasteiger partial charge in [-0.2, -0.15) is 0 Å². The van der Waals surface area contributed by atoms with E-state index in [2.05, 4.69) is 0 Å². The van der Waals surface area contributed by atoms with Crippen molar-refractivity contribution in [2.24, 2.45) is 0 Å².